The maximum Gasteiger partial charge on any atom is 0.318 e. The summed E-state index contributed by atoms with van der Waals surface area (Å²) in [5.74, 6) is 0.969. The lowest BCUT2D eigenvalue weighted by Gasteiger charge is -2.25. The molecule has 1 saturated heterocycles. The van der Waals surface area contributed by atoms with Crippen LogP contribution in [0.15, 0.2) is 42.6 Å². The van der Waals surface area contributed by atoms with E-state index in [1.54, 1.807) is 11.1 Å². The fourth-order valence-electron chi connectivity index (χ4n) is 3.75. The number of aromatic nitrogens is 1. The largest absolute Gasteiger partial charge is 0.493 e. The zero-order valence-corrected chi connectivity index (χ0v) is 16.1. The highest BCUT2D eigenvalue weighted by Gasteiger charge is 2.23. The number of rotatable bonds is 6. The van der Waals surface area contributed by atoms with Crippen LogP contribution in [0.1, 0.15) is 36.1 Å². The van der Waals surface area contributed by atoms with Crippen LogP contribution in [-0.4, -0.2) is 41.8 Å². The number of nitrogens with zero attached hydrogens (tertiary/aromatic N) is 2. The molecule has 1 atom stereocenters. The normalized spacial score (nSPS) is 18.2. The molecule has 1 fully saturated rings. The molecular weight excluding hydrogens is 354 g/mol. The average molecular weight is 381 g/mol. The van der Waals surface area contributed by atoms with Gasteiger partial charge in [-0.15, -0.1) is 0 Å². The Hall–Kier alpha value is -2.60. The minimum absolute atomic E-state index is 0.0878. The van der Waals surface area contributed by atoms with Crippen LogP contribution in [0, 0.1) is 0 Å². The molecule has 0 radical (unpaired) electrons. The zero-order valence-electron chi connectivity index (χ0n) is 16.1. The second-order valence-corrected chi connectivity index (χ2v) is 7.39. The molecule has 1 N–H and O–H groups in total. The van der Waals surface area contributed by atoms with E-state index in [1.807, 2.05) is 30.3 Å². The van der Waals surface area contributed by atoms with E-state index in [0.29, 0.717) is 19.6 Å². The molecular formula is C22H27N3O3. The van der Waals surface area contributed by atoms with Crippen molar-refractivity contribution in [2.75, 3.05) is 19.8 Å². The predicted octanol–water partition coefficient (Wildman–Crippen LogP) is 3.30. The number of ether oxygens (including phenoxy) is 2. The molecule has 6 heteroatoms. The Morgan fingerprint density at radius 3 is 3.00 bits per heavy atom. The second-order valence-electron chi connectivity index (χ2n) is 7.39. The van der Waals surface area contributed by atoms with Crippen LogP contribution in [0.3, 0.4) is 0 Å². The van der Waals surface area contributed by atoms with Crippen molar-refractivity contribution in [2.24, 2.45) is 0 Å². The fourth-order valence-corrected chi connectivity index (χ4v) is 3.75. The summed E-state index contributed by atoms with van der Waals surface area (Å²) in [6, 6.07) is 11.8. The number of carbonyl (C=O) groups is 1. The van der Waals surface area contributed by atoms with Gasteiger partial charge < -0.3 is 19.7 Å². The first-order valence-corrected chi connectivity index (χ1v) is 10.1. The van der Waals surface area contributed by atoms with Crippen molar-refractivity contribution in [2.45, 2.75) is 44.9 Å². The van der Waals surface area contributed by atoms with Crippen LogP contribution >= 0.6 is 0 Å². The minimum Gasteiger partial charge on any atom is -0.493 e. The van der Waals surface area contributed by atoms with E-state index in [4.69, 9.17) is 9.47 Å². The van der Waals surface area contributed by atoms with E-state index in [9.17, 15) is 4.79 Å². The molecule has 2 aliphatic rings. The van der Waals surface area contributed by atoms with E-state index >= 15 is 0 Å². The fraction of sp³-hybridized carbons (Fsp3) is 0.455. The summed E-state index contributed by atoms with van der Waals surface area (Å²) in [4.78, 5) is 19.1. The molecule has 2 aliphatic heterocycles. The van der Waals surface area contributed by atoms with E-state index in [1.165, 1.54) is 5.56 Å². The molecule has 28 heavy (non-hydrogen) atoms. The van der Waals surface area contributed by atoms with Gasteiger partial charge in [0.05, 0.1) is 24.9 Å². The number of benzene rings is 1. The Bertz CT molecular complexity index is 791. The van der Waals surface area contributed by atoms with Gasteiger partial charge in [-0.2, -0.15) is 0 Å². The van der Waals surface area contributed by atoms with Crippen LogP contribution in [0.5, 0.6) is 5.75 Å². The Balaban J connectivity index is 1.39. The van der Waals surface area contributed by atoms with Crippen molar-refractivity contribution in [3.63, 3.8) is 0 Å². The predicted molar refractivity (Wildman–Crippen MR) is 106 cm³/mol. The number of aryl methyl sites for hydroxylation is 1. The number of hydrogen-bond acceptors (Lipinski definition) is 4. The highest BCUT2D eigenvalue weighted by molar-refractivity contribution is 5.74. The standard InChI is InChI=1S/C22H27N3O3/c26-22(24-14-17-8-9-21-18(13-17)5-3-12-28-21)25(16-20-7-4-11-27-20)15-19-6-1-2-10-23-19/h1-2,6,8-10,13,20H,3-5,7,11-12,14-16H2,(H,24,26)/t20-/m0/s1. The van der Waals surface area contributed by atoms with Crippen molar-refractivity contribution in [1.29, 1.82) is 0 Å². The molecule has 0 bridgehead atoms. The van der Waals surface area contributed by atoms with Crippen molar-refractivity contribution in [3.05, 3.63) is 59.4 Å². The van der Waals surface area contributed by atoms with E-state index < -0.39 is 0 Å². The number of urea groups is 1. The second kappa shape index (κ2) is 9.06. The number of nitrogens with one attached hydrogen (secondary N) is 1. The summed E-state index contributed by atoms with van der Waals surface area (Å²) in [5.41, 5.74) is 3.19. The van der Waals surface area contributed by atoms with Crippen molar-refractivity contribution in [1.82, 2.24) is 15.2 Å². The molecule has 0 unspecified atom stereocenters. The zero-order chi connectivity index (χ0) is 19.2. The van der Waals surface area contributed by atoms with Gasteiger partial charge in [0.25, 0.3) is 0 Å². The number of amides is 2. The lowest BCUT2D eigenvalue weighted by Crippen LogP contribution is -2.43. The Morgan fingerprint density at radius 2 is 2.18 bits per heavy atom. The third-order valence-corrected chi connectivity index (χ3v) is 5.23. The van der Waals surface area contributed by atoms with Gasteiger partial charge in [0.15, 0.2) is 0 Å². The number of carbonyl (C=O) groups excluding carboxylic acids is 1. The van der Waals surface area contributed by atoms with Crippen LogP contribution < -0.4 is 10.1 Å². The summed E-state index contributed by atoms with van der Waals surface area (Å²) >= 11 is 0. The third-order valence-electron chi connectivity index (χ3n) is 5.23. The number of fused-ring (bicyclic) bond motifs is 1. The van der Waals surface area contributed by atoms with Gasteiger partial charge in [-0.1, -0.05) is 18.2 Å². The summed E-state index contributed by atoms with van der Waals surface area (Å²) in [5, 5.41) is 3.06. The maximum absolute atomic E-state index is 12.9. The van der Waals surface area contributed by atoms with Crippen LogP contribution in [0.2, 0.25) is 0 Å². The average Bonchev–Trinajstić information content (AvgIpc) is 3.25. The van der Waals surface area contributed by atoms with Gasteiger partial charge in [0, 0.05) is 25.9 Å². The molecule has 1 aromatic carbocycles. The minimum atomic E-state index is -0.0878. The van der Waals surface area contributed by atoms with Gasteiger partial charge in [-0.05, 0) is 55.0 Å². The van der Waals surface area contributed by atoms with E-state index in [0.717, 1.165) is 55.9 Å². The Morgan fingerprint density at radius 1 is 1.21 bits per heavy atom. The molecule has 6 nitrogen and oxygen atoms in total. The molecule has 148 valence electrons. The van der Waals surface area contributed by atoms with Crippen LogP contribution in [-0.2, 0) is 24.2 Å². The highest BCUT2D eigenvalue weighted by atomic mass is 16.5. The van der Waals surface area contributed by atoms with E-state index in [-0.39, 0.29) is 12.1 Å². The lowest BCUT2D eigenvalue weighted by molar-refractivity contribution is 0.0791. The first-order chi connectivity index (χ1) is 13.8. The number of hydrogen-bond donors (Lipinski definition) is 1. The van der Waals surface area contributed by atoms with Crippen LogP contribution in [0.25, 0.3) is 0 Å². The molecule has 1 aromatic heterocycles. The summed E-state index contributed by atoms with van der Waals surface area (Å²) in [7, 11) is 0. The molecule has 4 rings (SSSR count). The summed E-state index contributed by atoms with van der Waals surface area (Å²) < 4.78 is 11.4. The van der Waals surface area contributed by atoms with Crippen LogP contribution in [0.4, 0.5) is 4.79 Å². The molecule has 0 saturated carbocycles. The molecule has 2 amide bonds. The molecule has 2 aromatic rings. The number of pyridine rings is 1. The Kier molecular flexibility index (Phi) is 6.07. The highest BCUT2D eigenvalue weighted by Crippen LogP contribution is 2.25. The van der Waals surface area contributed by atoms with Gasteiger partial charge in [0.1, 0.15) is 5.75 Å². The van der Waals surface area contributed by atoms with Gasteiger partial charge >= 0.3 is 6.03 Å². The maximum atomic E-state index is 12.9. The van der Waals surface area contributed by atoms with Crippen molar-refractivity contribution < 1.29 is 14.3 Å². The molecule has 0 aliphatic carbocycles. The summed E-state index contributed by atoms with van der Waals surface area (Å²) in [6.07, 6.45) is 5.99. The van der Waals surface area contributed by atoms with Crippen molar-refractivity contribution in [3.8, 4) is 5.75 Å². The van der Waals surface area contributed by atoms with E-state index in [2.05, 4.69) is 16.4 Å². The van der Waals surface area contributed by atoms with Gasteiger partial charge in [-0.25, -0.2) is 4.79 Å². The first-order valence-electron chi connectivity index (χ1n) is 10.1. The smallest absolute Gasteiger partial charge is 0.318 e. The Labute approximate surface area is 165 Å². The lowest BCUT2D eigenvalue weighted by atomic mass is 10.0. The topological polar surface area (TPSA) is 63.7 Å². The van der Waals surface area contributed by atoms with Gasteiger partial charge in [0.2, 0.25) is 0 Å². The summed E-state index contributed by atoms with van der Waals surface area (Å²) in [6.45, 7) is 3.12. The van der Waals surface area contributed by atoms with Gasteiger partial charge in [-0.3, -0.25) is 4.98 Å². The first kappa shape index (κ1) is 18.7. The van der Waals surface area contributed by atoms with Crippen molar-refractivity contribution >= 4 is 6.03 Å². The molecule has 0 spiro atoms. The third kappa shape index (κ3) is 4.81. The molecule has 3 heterocycles. The quantitative estimate of drug-likeness (QED) is 0.834. The SMILES string of the molecule is O=C(NCc1ccc2c(c1)CCCO2)N(Cc1ccccn1)C[C@@H]1CCCO1. The monoisotopic (exact) mass is 381 g/mol.